The molecule has 25 heavy (non-hydrogen) atoms. The molecule has 138 valence electrons. The molecule has 0 bridgehead atoms. The minimum atomic E-state index is -1.01. The number of likely N-dealkylation sites (tertiary alicyclic amines) is 1. The molecule has 7 nitrogen and oxygen atoms in total. The first kappa shape index (κ1) is 19.4. The number of anilines is 1. The van der Waals surface area contributed by atoms with Gasteiger partial charge in [0.1, 0.15) is 0 Å². The summed E-state index contributed by atoms with van der Waals surface area (Å²) in [5.41, 5.74) is 0.664. The molecule has 2 amide bonds. The van der Waals surface area contributed by atoms with Crippen LogP contribution in [-0.4, -0.2) is 58.8 Å². The number of hydrogen-bond donors (Lipinski definition) is 4. The highest BCUT2D eigenvalue weighted by molar-refractivity contribution is 5.88. The Morgan fingerprint density at radius 3 is 2.56 bits per heavy atom. The molecule has 1 saturated heterocycles. The van der Waals surface area contributed by atoms with Crippen molar-refractivity contribution in [3.05, 3.63) is 29.8 Å². The second-order valence-electron chi connectivity index (χ2n) is 6.67. The number of nitrogens with zero attached hydrogens (tertiary/aromatic N) is 1. The lowest BCUT2D eigenvalue weighted by Crippen LogP contribution is -2.39. The molecule has 0 spiro atoms. The number of benzene rings is 1. The summed E-state index contributed by atoms with van der Waals surface area (Å²) in [5, 5.41) is 25.0. The van der Waals surface area contributed by atoms with Gasteiger partial charge < -0.3 is 20.8 Å². The molecule has 0 saturated carbocycles. The second-order valence-corrected chi connectivity index (χ2v) is 6.67. The van der Waals surface area contributed by atoms with Crippen LogP contribution < -0.4 is 10.6 Å². The predicted molar refractivity (Wildman–Crippen MR) is 94.9 cm³/mol. The van der Waals surface area contributed by atoms with Crippen LogP contribution in [0.1, 0.15) is 31.7 Å². The molecular formula is C18H27N3O4. The minimum absolute atomic E-state index is 0.0691. The third-order valence-electron chi connectivity index (χ3n) is 4.44. The molecule has 1 fully saturated rings. The number of nitrogens with one attached hydrogen (secondary N) is 2. The largest absolute Gasteiger partial charge is 0.393 e. The van der Waals surface area contributed by atoms with Gasteiger partial charge >= 0.3 is 0 Å². The Bertz CT molecular complexity index is 590. The van der Waals surface area contributed by atoms with E-state index in [1.165, 1.54) is 6.92 Å². The number of carbonyl (C=O) groups excluding carboxylic acids is 2. The van der Waals surface area contributed by atoms with Crippen LogP contribution in [-0.2, 0) is 16.1 Å². The van der Waals surface area contributed by atoms with E-state index < -0.39 is 5.60 Å². The number of amides is 2. The SMILES string of the molecule is CC(=O)Nc1ccc(CNC(=O)CN2CCCC(O)(CO)CC2)cc1. The van der Waals surface area contributed by atoms with Gasteiger partial charge in [-0.05, 0) is 43.5 Å². The van der Waals surface area contributed by atoms with Gasteiger partial charge in [-0.2, -0.15) is 0 Å². The molecule has 4 N–H and O–H groups in total. The van der Waals surface area contributed by atoms with Crippen molar-refractivity contribution in [2.75, 3.05) is 31.6 Å². The lowest BCUT2D eigenvalue weighted by atomic mass is 9.96. The van der Waals surface area contributed by atoms with Crippen LogP contribution in [0.25, 0.3) is 0 Å². The van der Waals surface area contributed by atoms with Gasteiger partial charge in [0.2, 0.25) is 11.8 Å². The van der Waals surface area contributed by atoms with Crippen molar-refractivity contribution in [3.63, 3.8) is 0 Å². The van der Waals surface area contributed by atoms with Crippen molar-refractivity contribution in [3.8, 4) is 0 Å². The van der Waals surface area contributed by atoms with Gasteiger partial charge in [0.05, 0.1) is 18.8 Å². The van der Waals surface area contributed by atoms with E-state index in [9.17, 15) is 19.8 Å². The number of aliphatic hydroxyl groups excluding tert-OH is 1. The molecule has 1 atom stereocenters. The fraction of sp³-hybridized carbons (Fsp3) is 0.556. The number of carbonyl (C=O) groups is 2. The zero-order chi connectivity index (χ0) is 18.3. The zero-order valence-electron chi connectivity index (χ0n) is 14.6. The normalized spacial score (nSPS) is 21.4. The van der Waals surface area contributed by atoms with E-state index >= 15 is 0 Å². The van der Waals surface area contributed by atoms with Crippen molar-refractivity contribution >= 4 is 17.5 Å². The number of rotatable bonds is 6. The smallest absolute Gasteiger partial charge is 0.234 e. The fourth-order valence-electron chi connectivity index (χ4n) is 2.92. The maximum Gasteiger partial charge on any atom is 0.234 e. The van der Waals surface area contributed by atoms with Crippen molar-refractivity contribution < 1.29 is 19.8 Å². The van der Waals surface area contributed by atoms with Gasteiger partial charge in [-0.3, -0.25) is 14.5 Å². The third-order valence-corrected chi connectivity index (χ3v) is 4.44. The first-order chi connectivity index (χ1) is 11.9. The Kier molecular flexibility index (Phi) is 6.92. The topological polar surface area (TPSA) is 102 Å². The van der Waals surface area contributed by atoms with E-state index in [1.807, 2.05) is 17.0 Å². The molecule has 1 aliphatic heterocycles. The highest BCUT2D eigenvalue weighted by Gasteiger charge is 2.29. The summed E-state index contributed by atoms with van der Waals surface area (Å²) in [4.78, 5) is 25.1. The van der Waals surface area contributed by atoms with E-state index in [0.717, 1.165) is 24.2 Å². The lowest BCUT2D eigenvalue weighted by Gasteiger charge is -2.24. The van der Waals surface area contributed by atoms with E-state index in [1.54, 1.807) is 12.1 Å². The number of hydrogen-bond acceptors (Lipinski definition) is 5. The predicted octanol–water partition coefficient (Wildman–Crippen LogP) is 0.471. The molecule has 1 aromatic rings. The molecular weight excluding hydrogens is 322 g/mol. The van der Waals surface area contributed by atoms with Gasteiger partial charge in [0.15, 0.2) is 0 Å². The molecule has 1 aliphatic rings. The van der Waals surface area contributed by atoms with Gasteiger partial charge in [0, 0.05) is 25.7 Å². The highest BCUT2D eigenvalue weighted by atomic mass is 16.3. The summed E-state index contributed by atoms with van der Waals surface area (Å²) in [7, 11) is 0. The van der Waals surface area contributed by atoms with E-state index in [0.29, 0.717) is 25.9 Å². The number of aliphatic hydroxyl groups is 2. The molecule has 0 aromatic heterocycles. The maximum atomic E-state index is 12.1. The van der Waals surface area contributed by atoms with E-state index in [-0.39, 0.29) is 25.0 Å². The molecule has 1 aromatic carbocycles. The van der Waals surface area contributed by atoms with E-state index in [4.69, 9.17) is 0 Å². The van der Waals surface area contributed by atoms with Gasteiger partial charge in [-0.25, -0.2) is 0 Å². The Hall–Kier alpha value is -1.96. The van der Waals surface area contributed by atoms with Crippen LogP contribution in [0, 0.1) is 0 Å². The van der Waals surface area contributed by atoms with Crippen LogP contribution in [0.2, 0.25) is 0 Å². The van der Waals surface area contributed by atoms with Gasteiger partial charge in [-0.15, -0.1) is 0 Å². The quantitative estimate of drug-likeness (QED) is 0.598. The Balaban J connectivity index is 1.76. The standard InChI is InChI=1S/C18H27N3O4/c1-14(23)20-16-5-3-15(4-6-16)11-19-17(24)12-21-9-2-7-18(25,13-22)8-10-21/h3-6,22,25H,2,7-13H2,1H3,(H,19,24)(H,20,23). The molecule has 1 unspecified atom stereocenters. The van der Waals surface area contributed by atoms with Crippen molar-refractivity contribution in [2.45, 2.75) is 38.3 Å². The van der Waals surface area contributed by atoms with Crippen molar-refractivity contribution in [1.82, 2.24) is 10.2 Å². The summed E-state index contributed by atoms with van der Waals surface area (Å²) >= 11 is 0. The summed E-state index contributed by atoms with van der Waals surface area (Å²) < 4.78 is 0. The fourth-order valence-corrected chi connectivity index (χ4v) is 2.92. The first-order valence-corrected chi connectivity index (χ1v) is 8.59. The Labute approximate surface area is 148 Å². The van der Waals surface area contributed by atoms with Crippen LogP contribution in [0.5, 0.6) is 0 Å². The summed E-state index contributed by atoms with van der Waals surface area (Å²) in [6.07, 6.45) is 1.79. The van der Waals surface area contributed by atoms with Crippen LogP contribution in [0.15, 0.2) is 24.3 Å². The van der Waals surface area contributed by atoms with Crippen LogP contribution in [0.3, 0.4) is 0 Å². The molecule has 0 aliphatic carbocycles. The Morgan fingerprint density at radius 2 is 1.92 bits per heavy atom. The molecule has 0 radical (unpaired) electrons. The highest BCUT2D eigenvalue weighted by Crippen LogP contribution is 2.21. The molecule has 2 rings (SSSR count). The second kappa shape index (κ2) is 8.94. The first-order valence-electron chi connectivity index (χ1n) is 8.59. The summed E-state index contributed by atoms with van der Waals surface area (Å²) in [6.45, 7) is 3.26. The average molecular weight is 349 g/mol. The summed E-state index contributed by atoms with van der Waals surface area (Å²) in [6, 6.07) is 7.32. The van der Waals surface area contributed by atoms with Crippen molar-refractivity contribution in [1.29, 1.82) is 0 Å². The molecule has 1 heterocycles. The minimum Gasteiger partial charge on any atom is -0.393 e. The van der Waals surface area contributed by atoms with Crippen LogP contribution >= 0.6 is 0 Å². The monoisotopic (exact) mass is 349 g/mol. The van der Waals surface area contributed by atoms with Gasteiger partial charge in [-0.1, -0.05) is 12.1 Å². The Morgan fingerprint density at radius 1 is 1.20 bits per heavy atom. The van der Waals surface area contributed by atoms with E-state index in [2.05, 4.69) is 10.6 Å². The third kappa shape index (κ3) is 6.45. The van der Waals surface area contributed by atoms with Crippen LogP contribution in [0.4, 0.5) is 5.69 Å². The van der Waals surface area contributed by atoms with Gasteiger partial charge in [0.25, 0.3) is 0 Å². The van der Waals surface area contributed by atoms with Crippen molar-refractivity contribution in [2.24, 2.45) is 0 Å². The maximum absolute atomic E-state index is 12.1. The summed E-state index contributed by atoms with van der Waals surface area (Å²) in [5.74, 6) is -0.188. The molecule has 7 heteroatoms. The zero-order valence-corrected chi connectivity index (χ0v) is 14.6. The lowest BCUT2D eigenvalue weighted by molar-refractivity contribution is -0.122. The average Bonchev–Trinajstić information content (AvgIpc) is 2.76.